The molecule has 5 rings (SSSR count). The number of phenolic OH excluding ortho intramolecular Hbond substituents is 1. The third-order valence-electron chi connectivity index (χ3n) is 7.43. The number of aromatic nitrogens is 2. The Morgan fingerprint density at radius 1 is 1.07 bits per heavy atom. The summed E-state index contributed by atoms with van der Waals surface area (Å²) in [7, 11) is 0. The second kappa shape index (κ2) is 13.7. The molecule has 2 aromatic carbocycles. The number of ether oxygens (including phenoxy) is 1. The van der Waals surface area contributed by atoms with Crippen LogP contribution in [0.2, 0.25) is 0 Å². The Hall–Kier alpha value is -3.75. The summed E-state index contributed by atoms with van der Waals surface area (Å²) < 4.78 is 51.0. The Kier molecular flexibility index (Phi) is 10.1. The number of allylic oxidation sites excluding steroid dienone is 1. The molecule has 0 saturated heterocycles. The second-order valence-electron chi connectivity index (χ2n) is 10.9. The molecule has 1 fully saturated rings. The number of nitrogens with one attached hydrogen (secondary N) is 1. The predicted molar refractivity (Wildman–Crippen MR) is 152 cm³/mol. The van der Waals surface area contributed by atoms with E-state index < -0.39 is 34.7 Å². The molecule has 220 valence electrons. The number of amides is 1. The fraction of sp³-hybridized carbons (Fsp3) is 0.438. The first kappa shape index (κ1) is 30.2. The van der Waals surface area contributed by atoms with E-state index >= 15 is 0 Å². The van der Waals surface area contributed by atoms with Gasteiger partial charge in [-0.1, -0.05) is 38.0 Å². The van der Waals surface area contributed by atoms with Crippen LogP contribution in [-0.2, 0) is 13.0 Å². The summed E-state index contributed by atoms with van der Waals surface area (Å²) in [5, 5.41) is 16.7. The molecule has 1 saturated carbocycles. The van der Waals surface area contributed by atoms with Crippen molar-refractivity contribution in [2.75, 3.05) is 6.54 Å². The molecule has 0 unspecified atom stereocenters. The van der Waals surface area contributed by atoms with Gasteiger partial charge in [0.2, 0.25) is 5.82 Å². The molecule has 1 aromatic heterocycles. The molecular formula is C32H38F3N3O3. The molecule has 9 heteroatoms. The maximum atomic E-state index is 14.7. The van der Waals surface area contributed by atoms with Crippen LogP contribution in [0.3, 0.4) is 0 Å². The van der Waals surface area contributed by atoms with Gasteiger partial charge >= 0.3 is 0 Å². The molecule has 0 aliphatic heterocycles. The van der Waals surface area contributed by atoms with Crippen molar-refractivity contribution in [3.63, 3.8) is 0 Å². The Labute approximate surface area is 239 Å². The predicted octanol–water partition coefficient (Wildman–Crippen LogP) is 7.51. The number of hydrogen-bond donors (Lipinski definition) is 2. The maximum Gasteiger partial charge on any atom is 0.254 e. The number of halogens is 3. The number of hydrogen-bond acceptors (Lipinski definition) is 4. The van der Waals surface area contributed by atoms with Crippen LogP contribution in [0.15, 0.2) is 42.1 Å². The summed E-state index contributed by atoms with van der Waals surface area (Å²) in [5.74, 6) is -5.72. The molecule has 41 heavy (non-hydrogen) atoms. The smallest absolute Gasteiger partial charge is 0.254 e. The van der Waals surface area contributed by atoms with Crippen molar-refractivity contribution >= 4 is 12.0 Å². The molecule has 1 heterocycles. The Morgan fingerprint density at radius 2 is 1.76 bits per heavy atom. The van der Waals surface area contributed by atoms with Gasteiger partial charge in [-0.2, -0.15) is 9.49 Å². The van der Waals surface area contributed by atoms with E-state index in [9.17, 15) is 23.1 Å². The van der Waals surface area contributed by atoms with Gasteiger partial charge in [0.25, 0.3) is 5.91 Å². The lowest BCUT2D eigenvalue weighted by Crippen LogP contribution is -2.32. The van der Waals surface area contributed by atoms with Crippen molar-refractivity contribution < 1.29 is 27.8 Å². The zero-order chi connectivity index (χ0) is 29.5. The SMILES string of the molecule is CC1=Cc2nn(C3CCC(CNC(=O)c4cc(F)c(OCc5ccc(O)cc5)c(F)c4F)CC3)cc2CC1.CCC. The van der Waals surface area contributed by atoms with E-state index in [4.69, 9.17) is 9.84 Å². The van der Waals surface area contributed by atoms with E-state index in [0.717, 1.165) is 44.2 Å². The summed E-state index contributed by atoms with van der Waals surface area (Å²) in [6.45, 7) is 6.43. The number of benzene rings is 2. The number of phenols is 1. The minimum atomic E-state index is -1.55. The van der Waals surface area contributed by atoms with Crippen LogP contribution in [0.25, 0.3) is 6.08 Å². The average Bonchev–Trinajstić information content (AvgIpc) is 3.38. The Balaban J connectivity index is 0.00000124. The number of aryl methyl sites for hydroxylation is 1. The topological polar surface area (TPSA) is 76.4 Å². The van der Waals surface area contributed by atoms with E-state index in [-0.39, 0.29) is 18.3 Å². The van der Waals surface area contributed by atoms with Crippen LogP contribution in [0, 0.1) is 23.4 Å². The number of aromatic hydroxyl groups is 1. The van der Waals surface area contributed by atoms with E-state index in [0.29, 0.717) is 24.2 Å². The van der Waals surface area contributed by atoms with Crippen LogP contribution in [0.4, 0.5) is 13.2 Å². The monoisotopic (exact) mass is 569 g/mol. The highest BCUT2D eigenvalue weighted by atomic mass is 19.2. The van der Waals surface area contributed by atoms with E-state index in [1.807, 2.05) is 0 Å². The summed E-state index contributed by atoms with van der Waals surface area (Å²) >= 11 is 0. The molecular weight excluding hydrogens is 531 g/mol. The van der Waals surface area contributed by atoms with Gasteiger partial charge < -0.3 is 15.2 Å². The van der Waals surface area contributed by atoms with Crippen LogP contribution in [-0.4, -0.2) is 27.3 Å². The standard InChI is InChI=1S/C29H30F3N3O3.C3H8/c1-17-2-7-20-15-35(34-25(20)12-17)21-8-3-18(4-9-21)14-33-29(37)23-13-24(30)28(27(32)26(23)31)38-16-19-5-10-22(36)11-6-19;1-3-2/h5-6,10-13,15,18,21,36H,2-4,7-9,14,16H2,1H3,(H,33,37);3H2,1-2H3. The lowest BCUT2D eigenvalue weighted by molar-refractivity contribution is 0.0935. The quantitative estimate of drug-likeness (QED) is 0.289. The zero-order valence-electron chi connectivity index (χ0n) is 23.9. The van der Waals surface area contributed by atoms with E-state index in [1.165, 1.54) is 41.8 Å². The summed E-state index contributed by atoms with van der Waals surface area (Å²) in [5.41, 5.74) is 3.51. The van der Waals surface area contributed by atoms with Crippen LogP contribution in [0.5, 0.6) is 11.5 Å². The van der Waals surface area contributed by atoms with E-state index in [2.05, 4.69) is 43.0 Å². The van der Waals surface area contributed by atoms with Crippen molar-refractivity contribution in [2.24, 2.45) is 5.92 Å². The minimum absolute atomic E-state index is 0.0320. The summed E-state index contributed by atoms with van der Waals surface area (Å²) in [6.07, 6.45) is 11.2. The van der Waals surface area contributed by atoms with Crippen molar-refractivity contribution in [3.8, 4) is 11.5 Å². The number of carbonyl (C=O) groups excluding carboxylic acids is 1. The summed E-state index contributed by atoms with van der Waals surface area (Å²) in [6, 6.07) is 6.78. The van der Waals surface area contributed by atoms with E-state index in [1.54, 1.807) is 0 Å². The Bertz CT molecular complexity index is 1380. The van der Waals surface area contributed by atoms with Crippen molar-refractivity contribution in [3.05, 3.63) is 81.9 Å². The highest BCUT2D eigenvalue weighted by Gasteiger charge is 2.27. The third-order valence-corrected chi connectivity index (χ3v) is 7.43. The van der Waals surface area contributed by atoms with Gasteiger partial charge in [0.05, 0.1) is 17.3 Å². The van der Waals surface area contributed by atoms with Gasteiger partial charge in [-0.3, -0.25) is 9.48 Å². The number of nitrogens with zero attached hydrogens (tertiary/aromatic N) is 2. The molecule has 2 aliphatic carbocycles. The average molecular weight is 570 g/mol. The molecule has 0 spiro atoms. The minimum Gasteiger partial charge on any atom is -0.508 e. The number of rotatable bonds is 7. The Morgan fingerprint density at radius 3 is 2.44 bits per heavy atom. The molecule has 0 radical (unpaired) electrons. The first-order valence-corrected chi connectivity index (χ1v) is 14.3. The number of fused-ring (bicyclic) bond motifs is 1. The van der Waals surface area contributed by atoms with Gasteiger partial charge in [0.1, 0.15) is 12.4 Å². The third kappa shape index (κ3) is 7.51. The molecule has 2 N–H and O–H groups in total. The van der Waals surface area contributed by atoms with Crippen molar-refractivity contribution in [1.82, 2.24) is 15.1 Å². The highest BCUT2D eigenvalue weighted by Crippen LogP contribution is 2.34. The normalized spacial score (nSPS) is 18.0. The van der Waals surface area contributed by atoms with Gasteiger partial charge in [0.15, 0.2) is 17.4 Å². The van der Waals surface area contributed by atoms with Crippen LogP contribution < -0.4 is 10.1 Å². The number of carbonyl (C=O) groups is 1. The lowest BCUT2D eigenvalue weighted by atomic mass is 9.86. The molecule has 6 nitrogen and oxygen atoms in total. The van der Waals surface area contributed by atoms with Crippen molar-refractivity contribution in [2.45, 2.75) is 78.4 Å². The molecule has 1 amide bonds. The maximum absolute atomic E-state index is 14.7. The lowest BCUT2D eigenvalue weighted by Gasteiger charge is -2.28. The largest absolute Gasteiger partial charge is 0.508 e. The first-order chi connectivity index (χ1) is 19.7. The zero-order valence-corrected chi connectivity index (χ0v) is 23.9. The van der Waals surface area contributed by atoms with Gasteiger partial charge in [0, 0.05) is 12.7 Å². The molecule has 2 aliphatic rings. The first-order valence-electron chi connectivity index (χ1n) is 14.3. The highest BCUT2D eigenvalue weighted by molar-refractivity contribution is 5.94. The fourth-order valence-electron chi connectivity index (χ4n) is 5.15. The summed E-state index contributed by atoms with van der Waals surface area (Å²) in [4.78, 5) is 12.6. The van der Waals surface area contributed by atoms with Crippen LogP contribution in [0.1, 0.15) is 92.5 Å². The second-order valence-corrected chi connectivity index (χ2v) is 10.9. The van der Waals surface area contributed by atoms with Crippen LogP contribution >= 0.6 is 0 Å². The van der Waals surface area contributed by atoms with Gasteiger partial charge in [-0.25, -0.2) is 8.78 Å². The van der Waals surface area contributed by atoms with Gasteiger partial charge in [-0.05, 0) is 86.8 Å². The van der Waals surface area contributed by atoms with Gasteiger partial charge in [-0.15, -0.1) is 0 Å². The van der Waals surface area contributed by atoms with Crippen molar-refractivity contribution in [1.29, 1.82) is 0 Å². The molecule has 0 atom stereocenters. The molecule has 0 bridgehead atoms. The fourth-order valence-corrected chi connectivity index (χ4v) is 5.15. The molecule has 3 aromatic rings.